The smallest absolute Gasteiger partial charge is 0.0354 e. The molecule has 0 nitrogen and oxygen atoms in total. The molecule has 0 atom stereocenters. The topological polar surface area (TPSA) is 0 Å². The van der Waals surface area contributed by atoms with E-state index in [2.05, 4.69) is 65.5 Å². The van der Waals surface area contributed by atoms with Gasteiger partial charge < -0.3 is 0 Å². The Labute approximate surface area is 124 Å². The van der Waals surface area contributed by atoms with E-state index in [4.69, 9.17) is 0 Å². The molecular formula is C10H30HgSi4. The summed E-state index contributed by atoms with van der Waals surface area (Å²) in [6.07, 6.45) is 0. The molecular weight excluding hydrogens is 433 g/mol. The van der Waals surface area contributed by atoms with Gasteiger partial charge in [-0.1, -0.05) is 65.5 Å². The summed E-state index contributed by atoms with van der Waals surface area (Å²) in [6, 6.07) is 0. The summed E-state index contributed by atoms with van der Waals surface area (Å²) in [4.78, 5) is 0. The Hall–Kier alpha value is 1.80. The van der Waals surface area contributed by atoms with Gasteiger partial charge in [0.15, 0.2) is 0 Å². The fourth-order valence-corrected chi connectivity index (χ4v) is 0. The van der Waals surface area contributed by atoms with Crippen molar-refractivity contribution in [2.45, 2.75) is 65.5 Å². The van der Waals surface area contributed by atoms with E-state index in [1.165, 1.54) is 0 Å². The van der Waals surface area contributed by atoms with Gasteiger partial charge in [-0.3, -0.25) is 0 Å². The molecule has 0 saturated heterocycles. The quantitative estimate of drug-likeness (QED) is 0.536. The first-order valence-corrected chi connectivity index (χ1v) is 19.5. The van der Waals surface area contributed by atoms with Gasteiger partial charge in [0.1, 0.15) is 0 Å². The van der Waals surface area contributed by atoms with Crippen molar-refractivity contribution < 1.29 is 27.7 Å². The molecule has 0 N–H and O–H groups in total. The van der Waals surface area contributed by atoms with Crippen LogP contribution in [-0.2, 0) is 27.7 Å². The standard InChI is InChI=1S/2C5H15Si2.Hg/c2*1-6(2)7(3,4)5;/h2*1-5H3;. The van der Waals surface area contributed by atoms with Crippen LogP contribution in [0.25, 0.3) is 0 Å². The molecule has 0 aromatic carbocycles. The van der Waals surface area contributed by atoms with Crippen LogP contribution in [0.5, 0.6) is 0 Å². The third-order valence-electron chi connectivity index (χ3n) is 3.00. The van der Waals surface area contributed by atoms with Gasteiger partial charge in [0.2, 0.25) is 0 Å². The Bertz CT molecular complexity index is 126. The molecule has 0 heterocycles. The van der Waals surface area contributed by atoms with Gasteiger partial charge >= 0.3 is 0 Å². The molecule has 0 unspecified atom stereocenters. The first-order chi connectivity index (χ1) is 5.89. The maximum absolute atomic E-state index is 2.45. The minimum absolute atomic E-state index is 0. The minimum atomic E-state index is -0.633. The first kappa shape index (κ1) is 22.0. The summed E-state index contributed by atoms with van der Waals surface area (Å²) in [5.41, 5.74) is 0. The maximum atomic E-state index is 2.45. The SMILES string of the molecule is C[Si](C)[Si](C)(C)C.C[Si](C)[Si](C)(C)C.[Hg]. The van der Waals surface area contributed by atoms with Crippen molar-refractivity contribution >= 4 is 31.8 Å². The van der Waals surface area contributed by atoms with Gasteiger partial charge in [0.25, 0.3) is 0 Å². The van der Waals surface area contributed by atoms with Gasteiger partial charge in [-0.25, -0.2) is 0 Å². The van der Waals surface area contributed by atoms with Gasteiger partial charge in [0, 0.05) is 59.5 Å². The predicted octanol–water partition coefficient (Wildman–Crippen LogP) is 4.31. The molecule has 15 heavy (non-hydrogen) atoms. The zero-order valence-corrected chi connectivity index (χ0v) is 22.2. The van der Waals surface area contributed by atoms with Crippen LogP contribution in [0.3, 0.4) is 0 Å². The molecule has 0 rings (SSSR count). The van der Waals surface area contributed by atoms with E-state index in [1.807, 2.05) is 0 Å². The van der Waals surface area contributed by atoms with E-state index < -0.39 is 15.2 Å². The first-order valence-electron chi connectivity index (χ1n) is 5.50. The molecule has 0 spiro atoms. The van der Waals surface area contributed by atoms with Crippen molar-refractivity contribution in [1.82, 2.24) is 0 Å². The van der Waals surface area contributed by atoms with Crippen LogP contribution in [0.2, 0.25) is 65.5 Å². The summed E-state index contributed by atoms with van der Waals surface area (Å²) in [6.45, 7) is 24.3. The average Bonchev–Trinajstić information content (AvgIpc) is 1.83. The molecule has 5 heteroatoms. The molecule has 0 fully saturated rings. The molecule has 88 valence electrons. The van der Waals surface area contributed by atoms with Crippen LogP contribution >= 0.6 is 0 Å². The van der Waals surface area contributed by atoms with Gasteiger partial charge in [0.05, 0.1) is 0 Å². The van der Waals surface area contributed by atoms with E-state index in [1.54, 1.807) is 0 Å². The molecule has 0 bridgehead atoms. The fraction of sp³-hybridized carbons (Fsp3) is 1.00. The molecule has 2 radical (unpaired) electrons. The van der Waals surface area contributed by atoms with Crippen molar-refractivity contribution in [3.8, 4) is 0 Å². The molecule has 0 saturated carbocycles. The molecule has 0 amide bonds. The fourth-order valence-electron chi connectivity index (χ4n) is 0. The zero-order chi connectivity index (χ0) is 12.2. The van der Waals surface area contributed by atoms with E-state index in [0.717, 1.165) is 0 Å². The van der Waals surface area contributed by atoms with Crippen molar-refractivity contribution in [2.75, 3.05) is 0 Å². The summed E-state index contributed by atoms with van der Waals surface area (Å²) in [5, 5.41) is 0. The summed E-state index contributed by atoms with van der Waals surface area (Å²) >= 11 is 0. The van der Waals surface area contributed by atoms with E-state index in [9.17, 15) is 0 Å². The largest absolute Gasteiger partial charge is 0.0733 e. The Kier molecular flexibility index (Phi) is 13.0. The summed E-state index contributed by atoms with van der Waals surface area (Å²) < 4.78 is 0. The Morgan fingerprint density at radius 2 is 0.600 bits per heavy atom. The van der Waals surface area contributed by atoms with Crippen LogP contribution in [0.1, 0.15) is 0 Å². The van der Waals surface area contributed by atoms with Crippen LogP contribution in [0, 0.1) is 0 Å². The van der Waals surface area contributed by atoms with Crippen molar-refractivity contribution in [3.63, 3.8) is 0 Å². The number of hydrogen-bond acceptors (Lipinski definition) is 0. The van der Waals surface area contributed by atoms with Crippen molar-refractivity contribution in [1.29, 1.82) is 0 Å². The zero-order valence-electron chi connectivity index (χ0n) is 12.7. The second-order valence-corrected chi connectivity index (χ2v) is 34.5. The Morgan fingerprint density at radius 1 is 0.533 bits per heavy atom. The van der Waals surface area contributed by atoms with Gasteiger partial charge in [-0.15, -0.1) is 0 Å². The molecule has 0 aliphatic rings. The van der Waals surface area contributed by atoms with E-state index >= 15 is 0 Å². The number of hydrogen-bond donors (Lipinski definition) is 0. The molecule has 0 aliphatic heterocycles. The van der Waals surface area contributed by atoms with Crippen molar-refractivity contribution in [2.24, 2.45) is 0 Å². The van der Waals surface area contributed by atoms with E-state index in [-0.39, 0.29) is 44.3 Å². The molecule has 0 aromatic rings. The summed E-state index contributed by atoms with van der Waals surface area (Å²) in [7, 11) is -1.09. The average molecular weight is 463 g/mol. The molecule has 0 aromatic heterocycles. The van der Waals surface area contributed by atoms with Gasteiger partial charge in [-0.05, 0) is 0 Å². The third-order valence-corrected chi connectivity index (χ3v) is 27.0. The van der Waals surface area contributed by atoms with Crippen molar-refractivity contribution in [3.05, 3.63) is 0 Å². The third kappa shape index (κ3) is 15.8. The second kappa shape index (κ2) is 8.83. The Balaban J connectivity index is -0.000000180. The van der Waals surface area contributed by atoms with E-state index in [0.29, 0.717) is 0 Å². The predicted molar refractivity (Wildman–Crippen MR) is 81.7 cm³/mol. The van der Waals surface area contributed by atoms with Gasteiger partial charge in [-0.2, -0.15) is 0 Å². The second-order valence-electron chi connectivity index (χ2n) is 6.50. The monoisotopic (exact) mass is 464 g/mol. The minimum Gasteiger partial charge on any atom is -0.0733 e. The van der Waals surface area contributed by atoms with Crippen LogP contribution < -0.4 is 0 Å². The summed E-state index contributed by atoms with van der Waals surface area (Å²) in [5.74, 6) is 0. The molecule has 0 aliphatic carbocycles. The Morgan fingerprint density at radius 3 is 0.600 bits per heavy atom. The maximum Gasteiger partial charge on any atom is 0.0354 e. The van der Waals surface area contributed by atoms with Crippen LogP contribution in [-0.4, -0.2) is 31.8 Å². The van der Waals surface area contributed by atoms with Crippen LogP contribution in [0.15, 0.2) is 0 Å². The van der Waals surface area contributed by atoms with Crippen LogP contribution in [0.4, 0.5) is 0 Å². The number of rotatable bonds is 2. The normalized spacial score (nSPS) is 12.0.